The molecule has 1 amide bonds. The number of aliphatic hydroxyl groups is 1. The van der Waals surface area contributed by atoms with Gasteiger partial charge < -0.3 is 24.5 Å². The fourth-order valence-electron chi connectivity index (χ4n) is 4.15. The summed E-state index contributed by atoms with van der Waals surface area (Å²) >= 11 is 5.93. The maximum atomic E-state index is 15.2. The second-order valence-corrected chi connectivity index (χ2v) is 9.43. The molecule has 1 aromatic carbocycles. The van der Waals surface area contributed by atoms with Crippen molar-refractivity contribution in [2.45, 2.75) is 50.9 Å². The van der Waals surface area contributed by atoms with E-state index in [1.165, 1.54) is 24.4 Å². The van der Waals surface area contributed by atoms with Gasteiger partial charge in [0.05, 0.1) is 12.1 Å². The van der Waals surface area contributed by atoms with E-state index in [4.69, 9.17) is 20.8 Å². The Labute approximate surface area is 207 Å². The van der Waals surface area contributed by atoms with E-state index < -0.39 is 29.7 Å². The van der Waals surface area contributed by atoms with Crippen LogP contribution in [0.15, 0.2) is 47.0 Å². The van der Waals surface area contributed by atoms with Crippen molar-refractivity contribution in [3.8, 4) is 5.88 Å². The lowest BCUT2D eigenvalue weighted by molar-refractivity contribution is -0.151. The summed E-state index contributed by atoms with van der Waals surface area (Å²) in [5, 5.41) is 14.2. The van der Waals surface area contributed by atoms with Crippen LogP contribution in [-0.4, -0.2) is 52.7 Å². The number of alkyl halides is 2. The van der Waals surface area contributed by atoms with Crippen LogP contribution < -0.4 is 10.1 Å². The summed E-state index contributed by atoms with van der Waals surface area (Å²) in [5.74, 6) is -6.01. The molecule has 0 unspecified atom stereocenters. The average Bonchev–Trinajstić information content (AvgIpc) is 3.47. The minimum atomic E-state index is -3.96. The number of ether oxygens (including phenoxy) is 1. The van der Waals surface area contributed by atoms with Crippen LogP contribution in [0, 0.1) is 0 Å². The second-order valence-electron chi connectivity index (χ2n) is 8.99. The van der Waals surface area contributed by atoms with E-state index in [-0.39, 0.29) is 18.2 Å². The zero-order valence-corrected chi connectivity index (χ0v) is 20.3. The molecule has 0 saturated carbocycles. The highest BCUT2D eigenvalue weighted by molar-refractivity contribution is 6.31. The number of hydrogen-bond acceptors (Lipinski definition) is 6. The Balaban J connectivity index is 1.57. The Morgan fingerprint density at radius 2 is 2.00 bits per heavy atom. The summed E-state index contributed by atoms with van der Waals surface area (Å²) in [6.45, 7) is 5.42. The van der Waals surface area contributed by atoms with E-state index in [9.17, 15) is 9.90 Å². The van der Waals surface area contributed by atoms with Crippen molar-refractivity contribution in [2.75, 3.05) is 19.6 Å². The van der Waals surface area contributed by atoms with Gasteiger partial charge in [0.15, 0.2) is 5.76 Å². The molecule has 1 fully saturated rings. The van der Waals surface area contributed by atoms with Crippen LogP contribution in [0.4, 0.5) is 8.78 Å². The number of carbonyl (C=O) groups is 1. The number of nitrogens with one attached hydrogen (secondary N) is 1. The summed E-state index contributed by atoms with van der Waals surface area (Å²) in [6.07, 6.45) is 2.01. The van der Waals surface area contributed by atoms with Crippen molar-refractivity contribution in [1.82, 2.24) is 15.2 Å². The predicted molar refractivity (Wildman–Crippen MR) is 128 cm³/mol. The zero-order valence-electron chi connectivity index (χ0n) is 19.5. The molecular weight excluding hydrogens is 480 g/mol. The van der Waals surface area contributed by atoms with Gasteiger partial charge in [-0.2, -0.15) is 8.78 Å². The molecule has 10 heteroatoms. The quantitative estimate of drug-likeness (QED) is 0.437. The Bertz CT molecular complexity index is 1180. The maximum absolute atomic E-state index is 15.2. The highest BCUT2D eigenvalue weighted by atomic mass is 35.5. The summed E-state index contributed by atoms with van der Waals surface area (Å²) in [4.78, 5) is 19.0. The standard InChI is InChI=1S/C25H28ClF2N3O4/c1-15(2)34-22-13-16(7-8-29-22)23(32)19(14-31-9-3-4-10-31)30-24(33)25(27,28)21-12-17-11-18(26)5-6-20(17)35-21/h5-8,11-13,15,19,23,32H,3-4,9-10,14H2,1-2H3,(H,30,33)/t19-,23-/m1/s1. The number of pyridine rings is 1. The molecule has 4 rings (SSSR count). The topological polar surface area (TPSA) is 87.8 Å². The lowest BCUT2D eigenvalue weighted by Gasteiger charge is -2.29. The second kappa shape index (κ2) is 10.5. The molecule has 0 aliphatic carbocycles. The first kappa shape index (κ1) is 25.3. The summed E-state index contributed by atoms with van der Waals surface area (Å²) in [5.41, 5.74) is 0.599. The molecule has 1 aliphatic heterocycles. The summed E-state index contributed by atoms with van der Waals surface area (Å²) in [6, 6.07) is 7.69. The molecule has 3 heterocycles. The van der Waals surface area contributed by atoms with Gasteiger partial charge in [0.1, 0.15) is 11.7 Å². The van der Waals surface area contributed by atoms with Crippen molar-refractivity contribution in [3.63, 3.8) is 0 Å². The smallest absolute Gasteiger partial charge is 0.380 e. The van der Waals surface area contributed by atoms with Crippen LogP contribution in [0.2, 0.25) is 5.02 Å². The summed E-state index contributed by atoms with van der Waals surface area (Å²) < 4.78 is 41.2. The number of likely N-dealkylation sites (tertiary alicyclic amines) is 1. The number of benzene rings is 1. The Morgan fingerprint density at radius 3 is 2.71 bits per heavy atom. The minimum Gasteiger partial charge on any atom is -0.475 e. The monoisotopic (exact) mass is 507 g/mol. The third kappa shape index (κ3) is 5.91. The molecule has 188 valence electrons. The average molecular weight is 508 g/mol. The highest BCUT2D eigenvalue weighted by Crippen LogP contribution is 2.34. The number of fused-ring (bicyclic) bond motifs is 1. The molecule has 3 aromatic rings. The molecule has 2 N–H and O–H groups in total. The van der Waals surface area contributed by atoms with Crippen molar-refractivity contribution in [1.29, 1.82) is 0 Å². The molecule has 1 aliphatic rings. The van der Waals surface area contributed by atoms with Crippen LogP contribution in [0.25, 0.3) is 11.0 Å². The number of aliphatic hydroxyl groups excluding tert-OH is 1. The maximum Gasteiger partial charge on any atom is 0.380 e. The van der Waals surface area contributed by atoms with E-state index in [0.29, 0.717) is 21.9 Å². The van der Waals surface area contributed by atoms with Crippen molar-refractivity contribution in [3.05, 3.63) is 58.9 Å². The van der Waals surface area contributed by atoms with E-state index >= 15 is 8.78 Å². The van der Waals surface area contributed by atoms with Gasteiger partial charge in [-0.3, -0.25) is 4.79 Å². The van der Waals surface area contributed by atoms with E-state index in [2.05, 4.69) is 10.3 Å². The molecular formula is C25H28ClF2N3O4. The van der Waals surface area contributed by atoms with Crippen LogP contribution in [0.1, 0.15) is 44.1 Å². The predicted octanol–water partition coefficient (Wildman–Crippen LogP) is 4.67. The van der Waals surface area contributed by atoms with E-state index in [1.807, 2.05) is 18.7 Å². The third-order valence-corrected chi connectivity index (χ3v) is 6.12. The van der Waals surface area contributed by atoms with Gasteiger partial charge in [0, 0.05) is 29.2 Å². The van der Waals surface area contributed by atoms with Crippen molar-refractivity contribution in [2.24, 2.45) is 0 Å². The zero-order chi connectivity index (χ0) is 25.2. The van der Waals surface area contributed by atoms with Crippen LogP contribution >= 0.6 is 11.6 Å². The fraction of sp³-hybridized carbons (Fsp3) is 0.440. The minimum absolute atomic E-state index is 0.132. The number of hydrogen-bond donors (Lipinski definition) is 2. The number of aromatic nitrogens is 1. The van der Waals surface area contributed by atoms with Gasteiger partial charge in [-0.15, -0.1) is 0 Å². The van der Waals surface area contributed by atoms with Gasteiger partial charge in [-0.25, -0.2) is 4.98 Å². The highest BCUT2D eigenvalue weighted by Gasteiger charge is 2.46. The molecule has 0 bridgehead atoms. The molecule has 0 spiro atoms. The Kier molecular flexibility index (Phi) is 7.59. The number of carbonyl (C=O) groups excluding carboxylic acids is 1. The first-order valence-corrected chi connectivity index (χ1v) is 11.9. The molecule has 2 aromatic heterocycles. The molecule has 2 atom stereocenters. The first-order valence-electron chi connectivity index (χ1n) is 11.5. The van der Waals surface area contributed by atoms with Gasteiger partial charge in [-0.1, -0.05) is 11.6 Å². The normalized spacial score (nSPS) is 16.5. The largest absolute Gasteiger partial charge is 0.475 e. The molecule has 7 nitrogen and oxygen atoms in total. The van der Waals surface area contributed by atoms with Gasteiger partial charge in [0.25, 0.3) is 5.91 Å². The Hall–Kier alpha value is -2.75. The first-order chi connectivity index (χ1) is 16.6. The van der Waals surface area contributed by atoms with Crippen LogP contribution in [-0.2, 0) is 10.7 Å². The number of furan rings is 1. The lowest BCUT2D eigenvalue weighted by atomic mass is 10.0. The van der Waals surface area contributed by atoms with Gasteiger partial charge >= 0.3 is 5.92 Å². The van der Waals surface area contributed by atoms with Gasteiger partial charge in [0.2, 0.25) is 5.88 Å². The van der Waals surface area contributed by atoms with E-state index in [1.54, 1.807) is 12.1 Å². The van der Waals surface area contributed by atoms with Crippen molar-refractivity contribution >= 4 is 28.5 Å². The molecule has 35 heavy (non-hydrogen) atoms. The van der Waals surface area contributed by atoms with Gasteiger partial charge in [-0.05, 0) is 75.7 Å². The number of rotatable bonds is 9. The molecule has 0 radical (unpaired) electrons. The summed E-state index contributed by atoms with van der Waals surface area (Å²) in [7, 11) is 0. The fourth-order valence-corrected chi connectivity index (χ4v) is 4.34. The lowest BCUT2D eigenvalue weighted by Crippen LogP contribution is -2.50. The van der Waals surface area contributed by atoms with E-state index in [0.717, 1.165) is 32.0 Å². The SMILES string of the molecule is CC(C)Oc1cc([C@@H](O)[C@@H](CN2CCCC2)NC(=O)C(F)(F)c2cc3cc(Cl)ccc3o2)ccn1. The number of halogens is 3. The van der Waals surface area contributed by atoms with Crippen LogP contribution in [0.3, 0.4) is 0 Å². The number of amides is 1. The third-order valence-electron chi connectivity index (χ3n) is 5.88. The Morgan fingerprint density at radius 1 is 1.26 bits per heavy atom. The van der Waals surface area contributed by atoms with Crippen molar-refractivity contribution < 1.29 is 27.8 Å². The molecule has 1 saturated heterocycles. The van der Waals surface area contributed by atoms with Crippen LogP contribution in [0.5, 0.6) is 5.88 Å². The number of nitrogens with zero attached hydrogens (tertiary/aromatic N) is 2.